The summed E-state index contributed by atoms with van der Waals surface area (Å²) in [5.74, 6) is -0.00206. The number of carbonyl (C=O) groups excluding carboxylic acids is 2. The van der Waals surface area contributed by atoms with E-state index in [1.165, 1.54) is 0 Å². The van der Waals surface area contributed by atoms with Gasteiger partial charge in [0.05, 0.1) is 6.04 Å². The molecule has 5 N–H and O–H groups in total. The van der Waals surface area contributed by atoms with Gasteiger partial charge in [0.1, 0.15) is 0 Å². The number of amides is 3. The zero-order valence-corrected chi connectivity index (χ0v) is 11.7. The summed E-state index contributed by atoms with van der Waals surface area (Å²) in [5.41, 5.74) is 4.97. The van der Waals surface area contributed by atoms with Crippen LogP contribution < -0.4 is 21.7 Å². The largest absolute Gasteiger partial charge is 0.353 e. The van der Waals surface area contributed by atoms with E-state index in [9.17, 15) is 9.59 Å². The zero-order chi connectivity index (χ0) is 14.1. The van der Waals surface area contributed by atoms with Crippen LogP contribution in [0.2, 0.25) is 0 Å². The van der Waals surface area contributed by atoms with Gasteiger partial charge in [0.25, 0.3) is 0 Å². The van der Waals surface area contributed by atoms with E-state index < -0.39 is 6.03 Å². The molecule has 0 rings (SSSR count). The summed E-state index contributed by atoms with van der Waals surface area (Å²) in [5, 5.41) is 8.61. The first-order valence-corrected chi connectivity index (χ1v) is 6.42. The third-order valence-corrected chi connectivity index (χ3v) is 2.25. The fourth-order valence-electron chi connectivity index (χ4n) is 1.60. The third-order valence-electron chi connectivity index (χ3n) is 2.25. The highest BCUT2D eigenvalue weighted by molar-refractivity contribution is 5.82. The van der Waals surface area contributed by atoms with Crippen molar-refractivity contribution in [2.45, 2.75) is 58.7 Å². The van der Waals surface area contributed by atoms with Crippen molar-refractivity contribution in [2.75, 3.05) is 6.54 Å². The molecular formula is C12H26N4O2. The average Bonchev–Trinajstić information content (AvgIpc) is 2.20. The van der Waals surface area contributed by atoms with Gasteiger partial charge < -0.3 is 21.7 Å². The molecule has 0 aliphatic carbocycles. The Kier molecular flexibility index (Phi) is 8.11. The topological polar surface area (TPSA) is 96.2 Å². The molecule has 6 heteroatoms. The van der Waals surface area contributed by atoms with Crippen molar-refractivity contribution in [1.29, 1.82) is 0 Å². The summed E-state index contributed by atoms with van der Waals surface area (Å²) in [6.45, 7) is 8.34. The van der Waals surface area contributed by atoms with Crippen molar-refractivity contribution in [3.63, 3.8) is 0 Å². The SMILES string of the molecule is CC(C)NC(=O)C(CCCNC(N)=O)NC(C)C. The van der Waals surface area contributed by atoms with Crippen molar-refractivity contribution in [2.24, 2.45) is 5.73 Å². The number of rotatable bonds is 8. The van der Waals surface area contributed by atoms with E-state index >= 15 is 0 Å². The number of urea groups is 1. The Balaban J connectivity index is 4.14. The highest BCUT2D eigenvalue weighted by Crippen LogP contribution is 2.00. The molecule has 0 heterocycles. The molecule has 0 aliphatic heterocycles. The molecule has 0 aromatic rings. The average molecular weight is 258 g/mol. The van der Waals surface area contributed by atoms with E-state index in [-0.39, 0.29) is 24.0 Å². The molecule has 0 aliphatic rings. The Bertz CT molecular complexity index is 267. The minimum atomic E-state index is -0.532. The molecule has 0 aromatic heterocycles. The van der Waals surface area contributed by atoms with Crippen LogP contribution in [-0.4, -0.2) is 36.6 Å². The summed E-state index contributed by atoms with van der Waals surface area (Å²) in [7, 11) is 0. The molecule has 1 atom stereocenters. The molecule has 1 unspecified atom stereocenters. The first kappa shape index (κ1) is 16.7. The van der Waals surface area contributed by atoms with Gasteiger partial charge in [-0.2, -0.15) is 0 Å². The van der Waals surface area contributed by atoms with Gasteiger partial charge in [-0.1, -0.05) is 13.8 Å². The molecule has 18 heavy (non-hydrogen) atoms. The van der Waals surface area contributed by atoms with Gasteiger partial charge in [0.15, 0.2) is 0 Å². The van der Waals surface area contributed by atoms with E-state index in [1.807, 2.05) is 27.7 Å². The number of carbonyl (C=O) groups is 2. The van der Waals surface area contributed by atoms with E-state index in [4.69, 9.17) is 5.73 Å². The maximum absolute atomic E-state index is 11.9. The maximum Gasteiger partial charge on any atom is 0.312 e. The van der Waals surface area contributed by atoms with Crippen molar-refractivity contribution in [1.82, 2.24) is 16.0 Å². The lowest BCUT2D eigenvalue weighted by Crippen LogP contribution is -2.48. The third kappa shape index (κ3) is 8.81. The van der Waals surface area contributed by atoms with Crippen LogP contribution >= 0.6 is 0 Å². The summed E-state index contributed by atoms with van der Waals surface area (Å²) < 4.78 is 0. The molecule has 6 nitrogen and oxygen atoms in total. The highest BCUT2D eigenvalue weighted by Gasteiger charge is 2.19. The van der Waals surface area contributed by atoms with Crippen molar-refractivity contribution in [3.05, 3.63) is 0 Å². The second-order valence-corrected chi connectivity index (χ2v) is 4.97. The first-order chi connectivity index (χ1) is 8.32. The van der Waals surface area contributed by atoms with E-state index in [1.54, 1.807) is 0 Å². The van der Waals surface area contributed by atoms with Crippen LogP contribution in [-0.2, 0) is 4.79 Å². The Hall–Kier alpha value is -1.30. The van der Waals surface area contributed by atoms with Gasteiger partial charge in [0, 0.05) is 18.6 Å². The van der Waals surface area contributed by atoms with Gasteiger partial charge in [-0.15, -0.1) is 0 Å². The lowest BCUT2D eigenvalue weighted by Gasteiger charge is -2.22. The zero-order valence-electron chi connectivity index (χ0n) is 11.7. The van der Waals surface area contributed by atoms with Crippen LogP contribution in [0.5, 0.6) is 0 Å². The monoisotopic (exact) mass is 258 g/mol. The second-order valence-electron chi connectivity index (χ2n) is 4.97. The fourth-order valence-corrected chi connectivity index (χ4v) is 1.60. The number of nitrogens with one attached hydrogen (secondary N) is 3. The molecule has 0 radical (unpaired) electrons. The van der Waals surface area contributed by atoms with E-state index in [2.05, 4.69) is 16.0 Å². The molecule has 0 bridgehead atoms. The summed E-state index contributed by atoms with van der Waals surface area (Å²) in [6.07, 6.45) is 1.37. The fraction of sp³-hybridized carbons (Fsp3) is 0.833. The molecule has 3 amide bonds. The van der Waals surface area contributed by atoms with Crippen LogP contribution in [0.15, 0.2) is 0 Å². The molecule has 0 spiro atoms. The predicted octanol–water partition coefficient (Wildman–Crippen LogP) is 0.326. The Morgan fingerprint density at radius 3 is 2.17 bits per heavy atom. The predicted molar refractivity (Wildman–Crippen MR) is 72.2 cm³/mol. The maximum atomic E-state index is 11.9. The molecular weight excluding hydrogens is 232 g/mol. The molecule has 0 saturated carbocycles. The number of hydrogen-bond donors (Lipinski definition) is 4. The normalized spacial score (nSPS) is 12.6. The van der Waals surface area contributed by atoms with Crippen LogP contribution in [0.1, 0.15) is 40.5 Å². The van der Waals surface area contributed by atoms with Gasteiger partial charge in [-0.25, -0.2) is 4.79 Å². The Morgan fingerprint density at radius 2 is 1.72 bits per heavy atom. The lowest BCUT2D eigenvalue weighted by molar-refractivity contribution is -0.124. The number of hydrogen-bond acceptors (Lipinski definition) is 3. The standard InChI is InChI=1S/C12H26N4O2/c1-8(2)15-10(11(17)16-9(3)4)6-5-7-14-12(13)18/h8-10,15H,5-7H2,1-4H3,(H,16,17)(H3,13,14,18). The minimum Gasteiger partial charge on any atom is -0.353 e. The van der Waals surface area contributed by atoms with Gasteiger partial charge in [0.2, 0.25) is 5.91 Å². The van der Waals surface area contributed by atoms with Gasteiger partial charge in [-0.05, 0) is 26.7 Å². The van der Waals surface area contributed by atoms with Crippen molar-refractivity contribution in [3.8, 4) is 0 Å². The molecule has 106 valence electrons. The van der Waals surface area contributed by atoms with E-state index in [0.717, 1.165) is 0 Å². The Morgan fingerprint density at radius 1 is 1.11 bits per heavy atom. The van der Waals surface area contributed by atoms with Crippen LogP contribution in [0.25, 0.3) is 0 Å². The summed E-state index contributed by atoms with van der Waals surface area (Å²) in [4.78, 5) is 22.4. The quantitative estimate of drug-likeness (QED) is 0.472. The first-order valence-electron chi connectivity index (χ1n) is 6.42. The molecule has 0 saturated heterocycles. The van der Waals surface area contributed by atoms with Crippen molar-refractivity contribution >= 4 is 11.9 Å². The van der Waals surface area contributed by atoms with Crippen LogP contribution in [0, 0.1) is 0 Å². The minimum absolute atomic E-state index is 0.00206. The summed E-state index contributed by atoms with van der Waals surface area (Å²) >= 11 is 0. The van der Waals surface area contributed by atoms with Gasteiger partial charge >= 0.3 is 6.03 Å². The van der Waals surface area contributed by atoms with Crippen LogP contribution in [0.4, 0.5) is 4.79 Å². The highest BCUT2D eigenvalue weighted by atomic mass is 16.2. The second kappa shape index (κ2) is 8.74. The summed E-state index contributed by atoms with van der Waals surface area (Å²) in [6, 6.07) is -0.410. The molecule has 0 fully saturated rings. The van der Waals surface area contributed by atoms with E-state index in [0.29, 0.717) is 19.4 Å². The smallest absolute Gasteiger partial charge is 0.312 e. The number of primary amides is 1. The van der Waals surface area contributed by atoms with Crippen LogP contribution in [0.3, 0.4) is 0 Å². The Labute approximate surface area is 109 Å². The molecule has 0 aromatic carbocycles. The van der Waals surface area contributed by atoms with Gasteiger partial charge in [-0.3, -0.25) is 4.79 Å². The van der Waals surface area contributed by atoms with Crippen molar-refractivity contribution < 1.29 is 9.59 Å². The lowest BCUT2D eigenvalue weighted by atomic mass is 10.1. The number of nitrogens with two attached hydrogens (primary N) is 1.